The van der Waals surface area contributed by atoms with Gasteiger partial charge in [-0.2, -0.15) is 0 Å². The molecule has 2 heterocycles. The van der Waals surface area contributed by atoms with E-state index in [4.69, 9.17) is 4.42 Å². The number of piperidine rings is 1. The monoisotopic (exact) mass is 293 g/mol. The van der Waals surface area contributed by atoms with Crippen LogP contribution in [0.2, 0.25) is 0 Å². The molecule has 0 spiro atoms. The van der Waals surface area contributed by atoms with Crippen molar-refractivity contribution in [2.45, 2.75) is 32.2 Å². The molecule has 0 aliphatic carbocycles. The molecule has 0 saturated carbocycles. The Labute approximate surface area is 124 Å². The molecule has 2 rings (SSSR count). The summed E-state index contributed by atoms with van der Waals surface area (Å²) in [4.78, 5) is 25.7. The van der Waals surface area contributed by atoms with Gasteiger partial charge < -0.3 is 15.1 Å². The molecule has 0 radical (unpaired) electrons. The number of furan rings is 1. The van der Waals surface area contributed by atoms with Gasteiger partial charge in [0, 0.05) is 25.7 Å². The fraction of sp³-hybridized carbons (Fsp3) is 0.600. The Morgan fingerprint density at radius 1 is 1.38 bits per heavy atom. The number of nitrogens with one attached hydrogen (secondary N) is 2. The van der Waals surface area contributed by atoms with Crippen LogP contribution in [0.25, 0.3) is 0 Å². The van der Waals surface area contributed by atoms with Crippen LogP contribution in [0.15, 0.2) is 23.0 Å². The van der Waals surface area contributed by atoms with E-state index >= 15 is 0 Å². The number of hydrogen-bond donors (Lipinski definition) is 2. The molecule has 6 nitrogen and oxygen atoms in total. The first kappa shape index (κ1) is 15.6. The number of carbonyl (C=O) groups excluding carboxylic acids is 2. The Morgan fingerprint density at radius 3 is 2.76 bits per heavy atom. The van der Waals surface area contributed by atoms with Crippen molar-refractivity contribution < 1.29 is 14.0 Å². The predicted octanol–water partition coefficient (Wildman–Crippen LogP) is 1.000. The molecule has 21 heavy (non-hydrogen) atoms. The van der Waals surface area contributed by atoms with E-state index in [1.165, 1.54) is 12.5 Å². The van der Waals surface area contributed by atoms with E-state index in [1.807, 2.05) is 6.92 Å². The highest BCUT2D eigenvalue weighted by Gasteiger charge is 2.22. The Morgan fingerprint density at radius 2 is 2.14 bits per heavy atom. The third-order valence-corrected chi connectivity index (χ3v) is 3.65. The van der Waals surface area contributed by atoms with E-state index in [1.54, 1.807) is 6.07 Å². The maximum atomic E-state index is 11.9. The largest absolute Gasteiger partial charge is 0.472 e. The molecule has 1 aromatic rings. The molecular weight excluding hydrogens is 270 g/mol. The minimum Gasteiger partial charge on any atom is -0.472 e. The highest BCUT2D eigenvalue weighted by molar-refractivity contribution is 5.93. The molecule has 1 aromatic heterocycles. The lowest BCUT2D eigenvalue weighted by atomic mass is 10.0. The molecule has 2 N–H and O–H groups in total. The molecule has 1 aliphatic rings. The summed E-state index contributed by atoms with van der Waals surface area (Å²) < 4.78 is 4.90. The smallest absolute Gasteiger partial charge is 0.254 e. The van der Waals surface area contributed by atoms with Crippen LogP contribution in [-0.4, -0.2) is 48.9 Å². The summed E-state index contributed by atoms with van der Waals surface area (Å²) in [5.74, 6) is -0.0133. The maximum absolute atomic E-state index is 11.9. The summed E-state index contributed by atoms with van der Waals surface area (Å²) in [5.41, 5.74) is 0.552. The molecule has 6 heteroatoms. The predicted molar refractivity (Wildman–Crippen MR) is 78.9 cm³/mol. The van der Waals surface area contributed by atoms with Crippen LogP contribution in [0.5, 0.6) is 0 Å². The number of likely N-dealkylation sites (tertiary alicyclic amines) is 1. The highest BCUT2D eigenvalue weighted by Crippen LogP contribution is 2.11. The topological polar surface area (TPSA) is 74.6 Å². The van der Waals surface area contributed by atoms with Crippen LogP contribution in [0.4, 0.5) is 0 Å². The zero-order valence-corrected chi connectivity index (χ0v) is 12.4. The second kappa shape index (κ2) is 7.83. The summed E-state index contributed by atoms with van der Waals surface area (Å²) in [6.07, 6.45) is 5.62. The summed E-state index contributed by atoms with van der Waals surface area (Å²) in [6.45, 7) is 4.87. The minimum atomic E-state index is -0.0945. The Bertz CT molecular complexity index is 451. The number of amides is 2. The minimum absolute atomic E-state index is 0.0812. The quantitative estimate of drug-likeness (QED) is 0.820. The average molecular weight is 293 g/mol. The van der Waals surface area contributed by atoms with Crippen molar-refractivity contribution in [2.75, 3.05) is 26.2 Å². The lowest BCUT2D eigenvalue weighted by Gasteiger charge is -2.31. The Balaban J connectivity index is 1.68. The first-order valence-electron chi connectivity index (χ1n) is 7.51. The van der Waals surface area contributed by atoms with E-state index in [9.17, 15) is 9.59 Å². The van der Waals surface area contributed by atoms with Crippen molar-refractivity contribution in [3.8, 4) is 0 Å². The highest BCUT2D eigenvalue weighted by atomic mass is 16.3. The zero-order valence-electron chi connectivity index (χ0n) is 12.4. The number of hydrogen-bond acceptors (Lipinski definition) is 4. The van der Waals surface area contributed by atoms with E-state index in [0.717, 1.165) is 38.9 Å². The second-order valence-electron chi connectivity index (χ2n) is 5.39. The molecule has 0 aromatic carbocycles. The summed E-state index contributed by atoms with van der Waals surface area (Å²) >= 11 is 0. The van der Waals surface area contributed by atoms with Crippen molar-refractivity contribution >= 4 is 11.8 Å². The Hall–Kier alpha value is -1.82. The number of nitrogens with zero attached hydrogens (tertiary/aromatic N) is 1. The van der Waals surface area contributed by atoms with Gasteiger partial charge in [0.05, 0.1) is 18.4 Å². The van der Waals surface area contributed by atoms with Gasteiger partial charge in [0.2, 0.25) is 5.91 Å². The SMILES string of the molecule is CCCNC(=O)CN1CCC(NC(=O)c2ccoc2)CC1. The fourth-order valence-electron chi connectivity index (χ4n) is 2.42. The third-order valence-electron chi connectivity index (χ3n) is 3.65. The Kier molecular flexibility index (Phi) is 5.80. The van der Waals surface area contributed by atoms with Crippen LogP contribution < -0.4 is 10.6 Å². The van der Waals surface area contributed by atoms with Crippen LogP contribution in [0.3, 0.4) is 0 Å². The number of rotatable bonds is 6. The van der Waals surface area contributed by atoms with Crippen LogP contribution in [-0.2, 0) is 4.79 Å². The van der Waals surface area contributed by atoms with Crippen LogP contribution >= 0.6 is 0 Å². The van der Waals surface area contributed by atoms with Crippen molar-refractivity contribution in [1.29, 1.82) is 0 Å². The van der Waals surface area contributed by atoms with Gasteiger partial charge in [-0.05, 0) is 25.3 Å². The molecule has 0 atom stereocenters. The van der Waals surface area contributed by atoms with Gasteiger partial charge in [0.25, 0.3) is 5.91 Å². The summed E-state index contributed by atoms with van der Waals surface area (Å²) in [7, 11) is 0. The van der Waals surface area contributed by atoms with Gasteiger partial charge in [0.15, 0.2) is 0 Å². The van der Waals surface area contributed by atoms with E-state index in [0.29, 0.717) is 12.1 Å². The standard InChI is InChI=1S/C15H23N3O3/c1-2-6-16-14(19)10-18-7-3-13(4-8-18)17-15(20)12-5-9-21-11-12/h5,9,11,13H,2-4,6-8,10H2,1H3,(H,16,19)(H,17,20). The first-order valence-corrected chi connectivity index (χ1v) is 7.51. The molecule has 0 unspecified atom stereocenters. The van der Waals surface area contributed by atoms with E-state index < -0.39 is 0 Å². The summed E-state index contributed by atoms with van der Waals surface area (Å²) in [5, 5.41) is 5.88. The molecular formula is C15H23N3O3. The molecule has 116 valence electrons. The lowest BCUT2D eigenvalue weighted by molar-refractivity contribution is -0.122. The third kappa shape index (κ3) is 4.90. The van der Waals surface area contributed by atoms with Crippen molar-refractivity contribution in [1.82, 2.24) is 15.5 Å². The van der Waals surface area contributed by atoms with E-state index in [-0.39, 0.29) is 17.9 Å². The molecule has 2 amide bonds. The molecule has 1 aliphatic heterocycles. The van der Waals surface area contributed by atoms with Gasteiger partial charge in [-0.1, -0.05) is 6.92 Å². The van der Waals surface area contributed by atoms with Crippen molar-refractivity contribution in [3.05, 3.63) is 24.2 Å². The lowest BCUT2D eigenvalue weighted by Crippen LogP contribution is -2.47. The van der Waals surface area contributed by atoms with Gasteiger partial charge in [-0.3, -0.25) is 14.5 Å². The van der Waals surface area contributed by atoms with E-state index in [2.05, 4.69) is 15.5 Å². The van der Waals surface area contributed by atoms with Gasteiger partial charge >= 0.3 is 0 Å². The summed E-state index contributed by atoms with van der Waals surface area (Å²) in [6, 6.07) is 1.82. The van der Waals surface area contributed by atoms with Crippen molar-refractivity contribution in [2.24, 2.45) is 0 Å². The zero-order chi connectivity index (χ0) is 15.1. The maximum Gasteiger partial charge on any atom is 0.254 e. The molecule has 1 saturated heterocycles. The molecule has 1 fully saturated rings. The van der Waals surface area contributed by atoms with Gasteiger partial charge in [0.1, 0.15) is 6.26 Å². The normalized spacial score (nSPS) is 16.6. The van der Waals surface area contributed by atoms with Crippen LogP contribution in [0, 0.1) is 0 Å². The molecule has 0 bridgehead atoms. The number of carbonyl (C=O) groups is 2. The van der Waals surface area contributed by atoms with Crippen molar-refractivity contribution in [3.63, 3.8) is 0 Å². The average Bonchev–Trinajstić information content (AvgIpc) is 3.01. The van der Waals surface area contributed by atoms with Crippen LogP contribution in [0.1, 0.15) is 36.5 Å². The first-order chi connectivity index (χ1) is 10.2. The van der Waals surface area contributed by atoms with Gasteiger partial charge in [-0.15, -0.1) is 0 Å². The van der Waals surface area contributed by atoms with Gasteiger partial charge in [-0.25, -0.2) is 0 Å². The fourth-order valence-corrected chi connectivity index (χ4v) is 2.42. The second-order valence-corrected chi connectivity index (χ2v) is 5.39.